The average Bonchev–Trinajstić information content (AvgIpc) is 2.16. The molecule has 1 N–H and O–H groups in total. The van der Waals surface area contributed by atoms with Gasteiger partial charge in [-0.1, -0.05) is 34.1 Å². The van der Waals surface area contributed by atoms with Crippen LogP contribution >= 0.6 is 0 Å². The third-order valence-corrected chi connectivity index (χ3v) is 3.08. The van der Waals surface area contributed by atoms with Crippen molar-refractivity contribution in [3.05, 3.63) is 0 Å². The fraction of sp³-hybridized carbons (Fsp3) is 1.00. The molecule has 0 aliphatic rings. The molecule has 2 heteroatoms. The molecule has 0 heterocycles. The Kier molecular flexibility index (Phi) is 12.1. The lowest BCUT2D eigenvalue weighted by molar-refractivity contribution is -0.928. The minimum Gasteiger partial charge on any atom is -0.870 e. The van der Waals surface area contributed by atoms with Crippen molar-refractivity contribution < 1.29 is 9.96 Å². The van der Waals surface area contributed by atoms with Crippen LogP contribution in [-0.2, 0) is 0 Å². The summed E-state index contributed by atoms with van der Waals surface area (Å²) in [5, 5.41) is 0. The van der Waals surface area contributed by atoms with E-state index in [9.17, 15) is 0 Å². The molecule has 0 unspecified atom stereocenters. The number of hydrogen-bond acceptors (Lipinski definition) is 1. The van der Waals surface area contributed by atoms with E-state index in [4.69, 9.17) is 0 Å². The van der Waals surface area contributed by atoms with Gasteiger partial charge in [-0.2, -0.15) is 0 Å². The Labute approximate surface area is 96.6 Å². The van der Waals surface area contributed by atoms with E-state index >= 15 is 0 Å². The van der Waals surface area contributed by atoms with Gasteiger partial charge >= 0.3 is 0 Å². The summed E-state index contributed by atoms with van der Waals surface area (Å²) in [4.78, 5) is 0. The first-order valence-electron chi connectivity index (χ1n) is 6.59. The van der Waals surface area contributed by atoms with Gasteiger partial charge in [-0.15, -0.1) is 0 Å². The van der Waals surface area contributed by atoms with Crippen LogP contribution in [0.25, 0.3) is 0 Å². The van der Waals surface area contributed by atoms with Crippen LogP contribution in [0.3, 0.4) is 0 Å². The molecule has 0 aliphatic heterocycles. The average molecular weight is 217 g/mol. The Bertz CT molecular complexity index is 109. The molecule has 0 spiro atoms. The maximum atomic E-state index is 2.32. The molecule has 94 valence electrons. The van der Waals surface area contributed by atoms with Crippen LogP contribution in [0.4, 0.5) is 0 Å². The van der Waals surface area contributed by atoms with Crippen LogP contribution in [-0.4, -0.2) is 36.1 Å². The molecule has 0 aromatic rings. The Balaban J connectivity index is 0. The number of unbranched alkanes of at least 4 members (excludes halogenated alkanes) is 1. The Hall–Kier alpha value is -0.0800. The minimum atomic E-state index is 0. The zero-order valence-electron chi connectivity index (χ0n) is 11.3. The summed E-state index contributed by atoms with van der Waals surface area (Å²) >= 11 is 0. The van der Waals surface area contributed by atoms with Gasteiger partial charge < -0.3 is 9.96 Å². The summed E-state index contributed by atoms with van der Waals surface area (Å²) < 4.78 is 1.39. The largest absolute Gasteiger partial charge is 0.870 e. The highest BCUT2D eigenvalue weighted by Gasteiger charge is 2.23. The summed E-state index contributed by atoms with van der Waals surface area (Å²) in [6.07, 6.45) is 6.76. The topological polar surface area (TPSA) is 30.0 Å². The lowest BCUT2D eigenvalue weighted by Crippen LogP contribution is -2.50. The number of nitrogens with zero attached hydrogens (tertiary/aromatic N) is 1. The first kappa shape index (κ1) is 17.3. The highest BCUT2D eigenvalue weighted by Crippen LogP contribution is 2.13. The van der Waals surface area contributed by atoms with Crippen molar-refractivity contribution in [3.63, 3.8) is 0 Å². The normalized spacial score (nSPS) is 11.2. The van der Waals surface area contributed by atoms with E-state index in [2.05, 4.69) is 27.7 Å². The lowest BCUT2D eigenvalue weighted by Gasteiger charge is -2.38. The van der Waals surface area contributed by atoms with Gasteiger partial charge in [0.05, 0.1) is 26.2 Å². The molecule has 0 aromatic carbocycles. The third-order valence-electron chi connectivity index (χ3n) is 3.08. The molecular weight excluding hydrogens is 186 g/mol. The molecule has 0 atom stereocenters. The van der Waals surface area contributed by atoms with Crippen LogP contribution in [0.1, 0.15) is 59.8 Å². The monoisotopic (exact) mass is 217 g/mol. The fourth-order valence-electron chi connectivity index (χ4n) is 2.59. The van der Waals surface area contributed by atoms with Crippen LogP contribution in [0.15, 0.2) is 0 Å². The quantitative estimate of drug-likeness (QED) is 0.542. The van der Waals surface area contributed by atoms with E-state index in [1.807, 2.05) is 0 Å². The molecule has 0 radical (unpaired) electrons. The first-order chi connectivity index (χ1) is 6.74. The predicted octanol–water partition coefficient (Wildman–Crippen LogP) is 3.66. The molecular formula is C13H31NO. The molecule has 0 fully saturated rings. The molecule has 15 heavy (non-hydrogen) atoms. The second kappa shape index (κ2) is 10.4. The van der Waals surface area contributed by atoms with E-state index in [-0.39, 0.29) is 5.48 Å². The van der Waals surface area contributed by atoms with Crippen molar-refractivity contribution >= 4 is 0 Å². The molecule has 2 nitrogen and oxygen atoms in total. The maximum Gasteiger partial charge on any atom is 0.0786 e. The van der Waals surface area contributed by atoms with Crippen molar-refractivity contribution in [1.29, 1.82) is 0 Å². The van der Waals surface area contributed by atoms with Crippen molar-refractivity contribution in [2.75, 3.05) is 26.2 Å². The van der Waals surface area contributed by atoms with Crippen LogP contribution in [0, 0.1) is 0 Å². The van der Waals surface area contributed by atoms with E-state index in [0.29, 0.717) is 0 Å². The van der Waals surface area contributed by atoms with Gasteiger partial charge in [-0.25, -0.2) is 0 Å². The molecule has 0 bridgehead atoms. The van der Waals surface area contributed by atoms with Crippen molar-refractivity contribution in [2.24, 2.45) is 0 Å². The summed E-state index contributed by atoms with van der Waals surface area (Å²) in [6, 6.07) is 0. The third kappa shape index (κ3) is 6.91. The van der Waals surface area contributed by atoms with Crippen molar-refractivity contribution in [2.45, 2.75) is 59.8 Å². The van der Waals surface area contributed by atoms with E-state index in [1.54, 1.807) is 0 Å². The fourth-order valence-corrected chi connectivity index (χ4v) is 2.59. The Morgan fingerprint density at radius 2 is 1.00 bits per heavy atom. The van der Waals surface area contributed by atoms with Gasteiger partial charge in [0, 0.05) is 0 Å². The number of quaternary nitrogens is 1. The van der Waals surface area contributed by atoms with Gasteiger partial charge in [0.25, 0.3) is 0 Å². The van der Waals surface area contributed by atoms with Gasteiger partial charge in [0.15, 0.2) is 0 Å². The zero-order valence-corrected chi connectivity index (χ0v) is 11.3. The van der Waals surface area contributed by atoms with Gasteiger partial charge in [-0.3, -0.25) is 0 Å². The summed E-state index contributed by atoms with van der Waals surface area (Å²) in [5.74, 6) is 0. The van der Waals surface area contributed by atoms with Gasteiger partial charge in [0.2, 0.25) is 0 Å². The highest BCUT2D eigenvalue weighted by atomic mass is 16.0. The summed E-state index contributed by atoms with van der Waals surface area (Å²) in [5.41, 5.74) is 0. The molecule has 0 amide bonds. The molecule has 0 aliphatic carbocycles. The standard InChI is InChI=1S/C13H30N.H2O/c1-5-9-13-14(10-6-2,11-7-3)12-8-4;/h5-13H2,1-4H3;1H2/q+1;/p-1. The zero-order chi connectivity index (χ0) is 10.9. The Morgan fingerprint density at radius 1 is 0.600 bits per heavy atom. The van der Waals surface area contributed by atoms with Gasteiger partial charge in [0.1, 0.15) is 0 Å². The highest BCUT2D eigenvalue weighted by molar-refractivity contribution is 4.45. The number of rotatable bonds is 9. The van der Waals surface area contributed by atoms with Crippen LogP contribution in [0.2, 0.25) is 0 Å². The molecule has 0 aromatic heterocycles. The maximum absolute atomic E-state index is 2.32. The van der Waals surface area contributed by atoms with E-state index in [0.717, 1.165) is 0 Å². The summed E-state index contributed by atoms with van der Waals surface area (Å²) in [7, 11) is 0. The minimum absolute atomic E-state index is 0. The second-order valence-electron chi connectivity index (χ2n) is 4.59. The van der Waals surface area contributed by atoms with Crippen LogP contribution in [0.5, 0.6) is 0 Å². The smallest absolute Gasteiger partial charge is 0.0786 e. The predicted molar refractivity (Wildman–Crippen MR) is 67.4 cm³/mol. The molecule has 0 saturated carbocycles. The number of hydrogen-bond donors (Lipinski definition) is 0. The van der Waals surface area contributed by atoms with Gasteiger partial charge in [-0.05, 0) is 25.7 Å². The van der Waals surface area contributed by atoms with E-state index in [1.165, 1.54) is 62.8 Å². The van der Waals surface area contributed by atoms with Crippen molar-refractivity contribution in [3.8, 4) is 0 Å². The van der Waals surface area contributed by atoms with E-state index < -0.39 is 0 Å². The Morgan fingerprint density at radius 3 is 1.27 bits per heavy atom. The van der Waals surface area contributed by atoms with Crippen molar-refractivity contribution in [1.82, 2.24) is 0 Å². The molecule has 0 rings (SSSR count). The molecule has 0 saturated heterocycles. The lowest BCUT2D eigenvalue weighted by atomic mass is 10.2. The van der Waals surface area contributed by atoms with Crippen LogP contribution < -0.4 is 0 Å². The SMILES string of the molecule is CCCC[N+](CCC)(CCC)CCC.[OH-]. The first-order valence-corrected chi connectivity index (χ1v) is 6.59. The summed E-state index contributed by atoms with van der Waals surface area (Å²) in [6.45, 7) is 14.9. The second-order valence-corrected chi connectivity index (χ2v) is 4.59.